The van der Waals surface area contributed by atoms with Gasteiger partial charge in [0.05, 0.1) is 22.7 Å². The van der Waals surface area contributed by atoms with Crippen molar-refractivity contribution < 1.29 is 0 Å². The van der Waals surface area contributed by atoms with E-state index in [-0.39, 0.29) is 0 Å². The molecule has 6 heteroatoms. The summed E-state index contributed by atoms with van der Waals surface area (Å²) in [5.74, 6) is 1.38. The fraction of sp³-hybridized carbons (Fsp3) is 0.250. The topological polar surface area (TPSA) is 81.8 Å². The van der Waals surface area contributed by atoms with Crippen molar-refractivity contribution in [2.45, 2.75) is 18.9 Å². The molecule has 88 valence electrons. The van der Waals surface area contributed by atoms with Crippen LogP contribution in [0, 0.1) is 11.3 Å². The van der Waals surface area contributed by atoms with Gasteiger partial charge >= 0.3 is 0 Å². The van der Waals surface area contributed by atoms with Crippen LogP contribution in [0.5, 0.6) is 0 Å². The first-order chi connectivity index (χ1) is 8.83. The summed E-state index contributed by atoms with van der Waals surface area (Å²) in [4.78, 5) is 8.79. The van der Waals surface area contributed by atoms with Crippen LogP contribution in [0.1, 0.15) is 18.4 Å². The Kier molecular flexibility index (Phi) is 1.70. The molecule has 1 saturated carbocycles. The van der Waals surface area contributed by atoms with Crippen molar-refractivity contribution in [3.8, 4) is 6.07 Å². The second-order valence-corrected chi connectivity index (χ2v) is 4.55. The average molecular weight is 238 g/mol. The third-order valence-electron chi connectivity index (χ3n) is 3.11. The van der Waals surface area contributed by atoms with Crippen molar-refractivity contribution in [3.63, 3.8) is 0 Å². The number of benzene rings is 1. The number of aromatic nitrogens is 4. The quantitative estimate of drug-likeness (QED) is 0.711. The predicted molar refractivity (Wildman–Crippen MR) is 66.2 cm³/mol. The third-order valence-corrected chi connectivity index (χ3v) is 3.11. The number of aromatic amines is 1. The minimum atomic E-state index is 0.553. The molecule has 0 bridgehead atoms. The Labute approximate surface area is 102 Å². The van der Waals surface area contributed by atoms with Gasteiger partial charge in [0.25, 0.3) is 5.78 Å². The Hall–Kier alpha value is -2.55. The van der Waals surface area contributed by atoms with Gasteiger partial charge in [0.15, 0.2) is 0 Å². The Morgan fingerprint density at radius 1 is 1.39 bits per heavy atom. The van der Waals surface area contributed by atoms with E-state index in [1.807, 2.05) is 10.6 Å². The number of nitriles is 1. The van der Waals surface area contributed by atoms with E-state index in [0.29, 0.717) is 17.4 Å². The number of imidazole rings is 1. The Bertz CT molecular complexity index is 786. The van der Waals surface area contributed by atoms with Gasteiger partial charge in [0.1, 0.15) is 0 Å². The molecule has 6 nitrogen and oxygen atoms in total. The van der Waals surface area contributed by atoms with E-state index in [2.05, 4.69) is 26.5 Å². The molecule has 4 rings (SSSR count). The van der Waals surface area contributed by atoms with Crippen LogP contribution in [-0.2, 0) is 0 Å². The lowest BCUT2D eigenvalue weighted by molar-refractivity contribution is 0.986. The van der Waals surface area contributed by atoms with E-state index < -0.39 is 0 Å². The van der Waals surface area contributed by atoms with Gasteiger partial charge in [-0.05, 0) is 31.0 Å². The molecule has 0 spiro atoms. The Morgan fingerprint density at radius 3 is 3.06 bits per heavy atom. The molecule has 0 unspecified atom stereocenters. The van der Waals surface area contributed by atoms with Crippen LogP contribution in [0.3, 0.4) is 0 Å². The molecule has 0 atom stereocenters. The molecule has 1 aliphatic rings. The average Bonchev–Trinajstić information content (AvgIpc) is 3.00. The number of anilines is 1. The number of rotatable bonds is 2. The van der Waals surface area contributed by atoms with Crippen LogP contribution in [0.2, 0.25) is 0 Å². The highest BCUT2D eigenvalue weighted by atomic mass is 15.4. The highest BCUT2D eigenvalue weighted by Crippen LogP contribution is 2.24. The molecule has 18 heavy (non-hydrogen) atoms. The number of H-pyrrole nitrogens is 1. The molecule has 2 aromatic heterocycles. The fourth-order valence-electron chi connectivity index (χ4n) is 2.04. The third kappa shape index (κ3) is 1.34. The van der Waals surface area contributed by atoms with Crippen molar-refractivity contribution >= 4 is 22.8 Å². The maximum Gasteiger partial charge on any atom is 0.253 e. The van der Waals surface area contributed by atoms with Crippen molar-refractivity contribution in [1.29, 1.82) is 5.26 Å². The zero-order valence-corrected chi connectivity index (χ0v) is 9.51. The van der Waals surface area contributed by atoms with Gasteiger partial charge in [-0.25, -0.2) is 9.50 Å². The van der Waals surface area contributed by atoms with E-state index >= 15 is 0 Å². The minimum absolute atomic E-state index is 0.553. The number of nitrogens with one attached hydrogen (secondary N) is 2. The van der Waals surface area contributed by atoms with Crippen LogP contribution in [0.25, 0.3) is 16.8 Å². The van der Waals surface area contributed by atoms with E-state index in [4.69, 9.17) is 5.26 Å². The molecule has 1 fully saturated rings. The monoisotopic (exact) mass is 238 g/mol. The van der Waals surface area contributed by atoms with Gasteiger partial charge in [-0.15, -0.1) is 0 Å². The van der Waals surface area contributed by atoms with Gasteiger partial charge in [0, 0.05) is 6.04 Å². The number of fused-ring (bicyclic) bond motifs is 3. The zero-order chi connectivity index (χ0) is 12.1. The second-order valence-electron chi connectivity index (χ2n) is 4.55. The maximum atomic E-state index is 8.85. The summed E-state index contributed by atoms with van der Waals surface area (Å²) in [5.41, 5.74) is 2.32. The molecule has 0 amide bonds. The summed E-state index contributed by atoms with van der Waals surface area (Å²) >= 11 is 0. The lowest BCUT2D eigenvalue weighted by Crippen LogP contribution is -2.02. The van der Waals surface area contributed by atoms with Gasteiger partial charge in [-0.3, -0.25) is 5.10 Å². The van der Waals surface area contributed by atoms with Crippen LogP contribution in [-0.4, -0.2) is 25.6 Å². The first kappa shape index (κ1) is 9.48. The van der Waals surface area contributed by atoms with Crippen molar-refractivity contribution in [3.05, 3.63) is 23.8 Å². The Morgan fingerprint density at radius 2 is 2.28 bits per heavy atom. The molecule has 0 saturated heterocycles. The highest BCUT2D eigenvalue weighted by Gasteiger charge is 2.22. The normalized spacial score (nSPS) is 15.1. The minimum Gasteiger partial charge on any atom is -0.352 e. The highest BCUT2D eigenvalue weighted by molar-refractivity contribution is 5.80. The van der Waals surface area contributed by atoms with Crippen LogP contribution < -0.4 is 5.32 Å². The first-order valence-corrected chi connectivity index (χ1v) is 5.88. The van der Waals surface area contributed by atoms with E-state index in [9.17, 15) is 0 Å². The lowest BCUT2D eigenvalue weighted by Gasteiger charge is -1.96. The van der Waals surface area contributed by atoms with Gasteiger partial charge in [0.2, 0.25) is 5.95 Å². The summed E-state index contributed by atoms with van der Waals surface area (Å²) in [7, 11) is 0. The predicted octanol–water partition coefficient (Wildman–Crippen LogP) is 1.66. The van der Waals surface area contributed by atoms with E-state index in [0.717, 1.165) is 17.0 Å². The van der Waals surface area contributed by atoms with Crippen molar-refractivity contribution in [2.24, 2.45) is 0 Å². The summed E-state index contributed by atoms with van der Waals surface area (Å²) in [6.45, 7) is 0. The van der Waals surface area contributed by atoms with Gasteiger partial charge in [-0.1, -0.05) is 0 Å². The molecule has 2 heterocycles. The van der Waals surface area contributed by atoms with E-state index in [1.165, 1.54) is 12.8 Å². The second kappa shape index (κ2) is 3.23. The molecule has 3 aromatic rings. The molecule has 1 aromatic carbocycles. The van der Waals surface area contributed by atoms with E-state index in [1.54, 1.807) is 12.1 Å². The summed E-state index contributed by atoms with van der Waals surface area (Å²) in [5, 5.41) is 15.3. The largest absolute Gasteiger partial charge is 0.352 e. The smallest absolute Gasteiger partial charge is 0.253 e. The molecule has 1 aliphatic carbocycles. The van der Waals surface area contributed by atoms with Crippen molar-refractivity contribution in [2.75, 3.05) is 5.32 Å². The first-order valence-electron chi connectivity index (χ1n) is 5.88. The van der Waals surface area contributed by atoms with Crippen LogP contribution in [0.4, 0.5) is 5.95 Å². The summed E-state index contributed by atoms with van der Waals surface area (Å²) < 4.78 is 1.83. The number of hydrogen-bond acceptors (Lipinski definition) is 4. The van der Waals surface area contributed by atoms with Crippen LogP contribution in [0.15, 0.2) is 18.2 Å². The molecule has 0 aliphatic heterocycles. The summed E-state index contributed by atoms with van der Waals surface area (Å²) in [6.07, 6.45) is 2.41. The maximum absolute atomic E-state index is 8.85. The number of nitrogens with zero attached hydrogens (tertiary/aromatic N) is 4. The standard InChI is InChI=1S/C12H10N6/c13-6-7-1-4-10-9(5-7)15-12-16-11(17-18(10)12)14-8-2-3-8/h1,4-5,8H,2-3H2,(H2,14,15,16,17). The SMILES string of the molecule is N#Cc1ccc2c(c1)nc1nc(NC3CC3)[nH]n12. The molecule has 2 N–H and O–H groups in total. The zero-order valence-electron chi connectivity index (χ0n) is 9.51. The van der Waals surface area contributed by atoms with Crippen LogP contribution >= 0.6 is 0 Å². The van der Waals surface area contributed by atoms with Gasteiger partial charge < -0.3 is 5.32 Å². The number of hydrogen-bond donors (Lipinski definition) is 2. The fourth-order valence-corrected chi connectivity index (χ4v) is 2.04. The van der Waals surface area contributed by atoms with Gasteiger partial charge in [-0.2, -0.15) is 10.2 Å². The molecular formula is C12H10N6. The molecular weight excluding hydrogens is 228 g/mol. The van der Waals surface area contributed by atoms with Crippen molar-refractivity contribution in [1.82, 2.24) is 19.6 Å². The molecule has 0 radical (unpaired) electrons. The lowest BCUT2D eigenvalue weighted by atomic mass is 10.2. The summed E-state index contributed by atoms with van der Waals surface area (Å²) in [6, 6.07) is 8.10. The Balaban J connectivity index is 1.87.